The summed E-state index contributed by atoms with van der Waals surface area (Å²) < 4.78 is 0. The van der Waals surface area contributed by atoms with Gasteiger partial charge in [-0.15, -0.1) is 0 Å². The van der Waals surface area contributed by atoms with Crippen molar-refractivity contribution in [2.75, 3.05) is 4.90 Å². The van der Waals surface area contributed by atoms with E-state index < -0.39 is 0 Å². The number of aromatic nitrogens is 2. The van der Waals surface area contributed by atoms with Crippen LogP contribution < -0.4 is 4.90 Å². The second kappa shape index (κ2) is 2.51. The zero-order chi connectivity index (χ0) is 7.40. The van der Waals surface area contributed by atoms with E-state index in [9.17, 15) is 0 Å². The third kappa shape index (κ3) is 0.884. The second-order valence-corrected chi connectivity index (χ2v) is 1.48. The van der Waals surface area contributed by atoms with Gasteiger partial charge in [0, 0.05) is 6.07 Å². The third-order valence-electron chi connectivity index (χ3n) is 0.927. The largest absolute Gasteiger partial charge is 0.261 e. The van der Waals surface area contributed by atoms with Gasteiger partial charge in [0.2, 0.25) is 0 Å². The first kappa shape index (κ1) is 6.12. The second-order valence-electron chi connectivity index (χ2n) is 1.48. The van der Waals surface area contributed by atoms with Crippen LogP contribution in [0.3, 0.4) is 0 Å². The summed E-state index contributed by atoms with van der Waals surface area (Å²) in [6, 6.07) is 1.53. The lowest BCUT2D eigenvalue weighted by molar-refractivity contribution is 1.06. The molecule has 1 rings (SSSR count). The van der Waals surface area contributed by atoms with Crippen LogP contribution in [0.2, 0.25) is 0 Å². The molecule has 5 heteroatoms. The van der Waals surface area contributed by atoms with Crippen LogP contribution in [0.5, 0.6) is 0 Å². The van der Waals surface area contributed by atoms with Crippen molar-refractivity contribution in [1.29, 1.82) is 10.5 Å². The maximum atomic E-state index is 8.30. The number of nitrogens with zero attached hydrogens (tertiary/aromatic N) is 4. The van der Waals surface area contributed by atoms with Crippen molar-refractivity contribution in [2.24, 2.45) is 0 Å². The fraction of sp³-hybridized carbons (Fsp3) is 0. The van der Waals surface area contributed by atoms with E-state index in [1.165, 1.54) is 12.3 Å². The molecule has 0 amide bonds. The summed E-state index contributed by atoms with van der Waals surface area (Å²) in [6.45, 7) is 0. The number of H-pyrrole nitrogens is 1. The van der Waals surface area contributed by atoms with Crippen LogP contribution in [-0.4, -0.2) is 10.2 Å². The van der Waals surface area contributed by atoms with E-state index in [-0.39, 0.29) is 0 Å². The molecule has 10 heavy (non-hydrogen) atoms. The molecular formula is C5H3N5. The molecule has 5 nitrogen and oxygen atoms in total. The SMILES string of the molecule is N#CN(C#N)c1ccn[nH]1. The van der Waals surface area contributed by atoms with E-state index >= 15 is 0 Å². The number of hydrogen-bond acceptors (Lipinski definition) is 4. The summed E-state index contributed by atoms with van der Waals surface area (Å²) in [5.41, 5.74) is 0. The molecule has 0 radical (unpaired) electrons. The quantitative estimate of drug-likeness (QED) is 0.437. The highest BCUT2D eigenvalue weighted by Crippen LogP contribution is 2.04. The van der Waals surface area contributed by atoms with Crippen LogP contribution in [-0.2, 0) is 0 Å². The first-order valence-corrected chi connectivity index (χ1v) is 2.47. The van der Waals surface area contributed by atoms with Crippen molar-refractivity contribution in [3.05, 3.63) is 12.3 Å². The van der Waals surface area contributed by atoms with E-state index in [0.717, 1.165) is 4.90 Å². The Hall–Kier alpha value is -2.01. The molecular weight excluding hydrogens is 130 g/mol. The van der Waals surface area contributed by atoms with Crippen molar-refractivity contribution in [3.8, 4) is 12.4 Å². The molecule has 0 spiro atoms. The van der Waals surface area contributed by atoms with Gasteiger partial charge in [-0.2, -0.15) is 20.5 Å². The summed E-state index contributed by atoms with van der Waals surface area (Å²) in [6.07, 6.45) is 4.78. The molecule has 1 heterocycles. The van der Waals surface area contributed by atoms with Crippen molar-refractivity contribution in [3.63, 3.8) is 0 Å². The summed E-state index contributed by atoms with van der Waals surface area (Å²) in [4.78, 5) is 0.826. The Kier molecular flexibility index (Phi) is 1.54. The zero-order valence-corrected chi connectivity index (χ0v) is 4.94. The van der Waals surface area contributed by atoms with Crippen molar-refractivity contribution in [2.45, 2.75) is 0 Å². The van der Waals surface area contributed by atoms with Crippen LogP contribution in [0.15, 0.2) is 12.3 Å². The van der Waals surface area contributed by atoms with E-state index in [1.54, 1.807) is 12.4 Å². The van der Waals surface area contributed by atoms with Crippen LogP contribution in [0.1, 0.15) is 0 Å². The molecule has 1 N–H and O–H groups in total. The predicted molar refractivity (Wildman–Crippen MR) is 32.3 cm³/mol. The molecule has 1 aromatic rings. The predicted octanol–water partition coefficient (Wildman–Crippen LogP) is 0.178. The number of rotatable bonds is 1. The van der Waals surface area contributed by atoms with Gasteiger partial charge >= 0.3 is 0 Å². The topological polar surface area (TPSA) is 79.5 Å². The van der Waals surface area contributed by atoms with E-state index in [2.05, 4.69) is 10.2 Å². The van der Waals surface area contributed by atoms with Crippen LogP contribution in [0.25, 0.3) is 0 Å². The van der Waals surface area contributed by atoms with Gasteiger partial charge in [0.05, 0.1) is 6.20 Å². The summed E-state index contributed by atoms with van der Waals surface area (Å²) >= 11 is 0. The Morgan fingerprint density at radius 2 is 2.20 bits per heavy atom. The molecule has 0 aliphatic rings. The van der Waals surface area contributed by atoms with E-state index in [4.69, 9.17) is 10.5 Å². The van der Waals surface area contributed by atoms with Gasteiger partial charge in [0.15, 0.2) is 18.2 Å². The summed E-state index contributed by atoms with van der Waals surface area (Å²) in [7, 11) is 0. The summed E-state index contributed by atoms with van der Waals surface area (Å²) in [5.74, 6) is 0.380. The maximum absolute atomic E-state index is 8.30. The van der Waals surface area contributed by atoms with Gasteiger partial charge in [-0.3, -0.25) is 5.10 Å². The van der Waals surface area contributed by atoms with Crippen LogP contribution in [0.4, 0.5) is 5.82 Å². The van der Waals surface area contributed by atoms with E-state index in [1.807, 2.05) is 0 Å². The third-order valence-corrected chi connectivity index (χ3v) is 0.927. The van der Waals surface area contributed by atoms with Gasteiger partial charge in [-0.25, -0.2) is 0 Å². The first-order valence-electron chi connectivity index (χ1n) is 2.47. The van der Waals surface area contributed by atoms with Crippen LogP contribution in [0, 0.1) is 22.9 Å². The number of nitrogens with one attached hydrogen (secondary N) is 1. The number of aromatic amines is 1. The van der Waals surface area contributed by atoms with Gasteiger partial charge < -0.3 is 0 Å². The average Bonchev–Trinajstić information content (AvgIpc) is 2.43. The minimum absolute atomic E-state index is 0.380. The Labute approximate surface area is 57.1 Å². The monoisotopic (exact) mass is 133 g/mol. The lowest BCUT2D eigenvalue weighted by atomic mass is 10.6. The smallest absolute Gasteiger partial charge is 0.200 e. The molecule has 0 aromatic carbocycles. The molecule has 0 unspecified atom stereocenters. The molecule has 0 aliphatic heterocycles. The Morgan fingerprint density at radius 1 is 1.50 bits per heavy atom. The van der Waals surface area contributed by atoms with Crippen molar-refractivity contribution < 1.29 is 0 Å². The minimum atomic E-state index is 0.380. The highest BCUT2D eigenvalue weighted by atomic mass is 15.3. The van der Waals surface area contributed by atoms with Gasteiger partial charge in [0.1, 0.15) is 0 Å². The van der Waals surface area contributed by atoms with Crippen molar-refractivity contribution in [1.82, 2.24) is 10.2 Å². The molecule has 0 saturated heterocycles. The maximum Gasteiger partial charge on any atom is 0.200 e. The highest BCUT2D eigenvalue weighted by Gasteiger charge is 2.02. The number of anilines is 1. The number of hydrogen-bond donors (Lipinski definition) is 1. The average molecular weight is 133 g/mol. The first-order chi connectivity index (χ1) is 4.88. The Morgan fingerprint density at radius 3 is 2.60 bits per heavy atom. The normalized spacial score (nSPS) is 7.80. The molecule has 0 atom stereocenters. The molecule has 0 bridgehead atoms. The number of nitriles is 2. The van der Waals surface area contributed by atoms with Crippen molar-refractivity contribution >= 4 is 5.82 Å². The van der Waals surface area contributed by atoms with Crippen LogP contribution >= 0.6 is 0 Å². The van der Waals surface area contributed by atoms with Gasteiger partial charge in [0.25, 0.3) is 0 Å². The zero-order valence-electron chi connectivity index (χ0n) is 4.94. The molecule has 0 aliphatic carbocycles. The highest BCUT2D eigenvalue weighted by molar-refractivity contribution is 5.46. The minimum Gasteiger partial charge on any atom is -0.261 e. The fourth-order valence-corrected chi connectivity index (χ4v) is 0.503. The lowest BCUT2D eigenvalue weighted by Crippen LogP contribution is -2.07. The van der Waals surface area contributed by atoms with Gasteiger partial charge in [-0.05, 0) is 0 Å². The Bertz CT molecular complexity index is 260. The fourth-order valence-electron chi connectivity index (χ4n) is 0.503. The summed E-state index contributed by atoms with van der Waals surface area (Å²) in [5, 5.41) is 22.6. The lowest BCUT2D eigenvalue weighted by Gasteiger charge is -1.96. The van der Waals surface area contributed by atoms with Gasteiger partial charge in [-0.1, -0.05) is 0 Å². The molecule has 0 fully saturated rings. The van der Waals surface area contributed by atoms with E-state index in [0.29, 0.717) is 5.82 Å². The Balaban J connectivity index is 2.89. The molecule has 48 valence electrons. The standard InChI is InChI=1S/C5H3N5/c6-3-10(4-7)5-1-2-8-9-5/h1-2H,(H,8,9). The molecule has 1 aromatic heterocycles. The molecule has 0 saturated carbocycles.